The van der Waals surface area contributed by atoms with E-state index in [1.54, 1.807) is 16.7 Å². The number of hydrogen-bond acceptors (Lipinski definition) is 0. The highest BCUT2D eigenvalue weighted by molar-refractivity contribution is 5.35. The number of benzene rings is 1. The van der Waals surface area contributed by atoms with Crippen LogP contribution in [-0.4, -0.2) is 0 Å². The highest BCUT2D eigenvalue weighted by Crippen LogP contribution is 2.32. The molecule has 116 valence electrons. The summed E-state index contributed by atoms with van der Waals surface area (Å²) in [5.41, 5.74) is 4.95. The van der Waals surface area contributed by atoms with Crippen LogP contribution in [0.25, 0.3) is 0 Å². The van der Waals surface area contributed by atoms with E-state index in [-0.39, 0.29) is 0 Å². The molecule has 2 aliphatic carbocycles. The Morgan fingerprint density at radius 1 is 0.762 bits per heavy atom. The van der Waals surface area contributed by atoms with Crippen LogP contribution in [0.5, 0.6) is 0 Å². The van der Waals surface area contributed by atoms with Gasteiger partial charge in [0.2, 0.25) is 0 Å². The summed E-state index contributed by atoms with van der Waals surface area (Å²) in [7, 11) is 0. The molecule has 0 radical (unpaired) electrons. The zero-order valence-corrected chi connectivity index (χ0v) is 13.9. The van der Waals surface area contributed by atoms with Gasteiger partial charge in [-0.2, -0.15) is 0 Å². The Balaban J connectivity index is 1.71. The van der Waals surface area contributed by atoms with Crippen molar-refractivity contribution in [3.8, 4) is 0 Å². The van der Waals surface area contributed by atoms with E-state index in [1.807, 2.05) is 0 Å². The normalized spacial score (nSPS) is 21.6. The van der Waals surface area contributed by atoms with E-state index < -0.39 is 0 Å². The molecule has 0 saturated heterocycles. The molecule has 2 fully saturated rings. The molecule has 0 N–H and O–H groups in total. The highest BCUT2D eigenvalue weighted by Gasteiger charge is 2.19. The second-order valence-corrected chi connectivity index (χ2v) is 7.63. The lowest BCUT2D eigenvalue weighted by molar-refractivity contribution is 0.346. The summed E-state index contributed by atoms with van der Waals surface area (Å²) in [6, 6.07) is 7.06. The van der Waals surface area contributed by atoms with Crippen LogP contribution in [0.15, 0.2) is 18.2 Å². The summed E-state index contributed by atoms with van der Waals surface area (Å²) in [5.74, 6) is 1.93. The molecular formula is C21H32. The Kier molecular flexibility index (Phi) is 5.38. The zero-order valence-electron chi connectivity index (χ0n) is 13.9. The summed E-state index contributed by atoms with van der Waals surface area (Å²) in [6.45, 7) is 2.34. The minimum atomic E-state index is 0.963. The maximum absolute atomic E-state index is 2.43. The molecule has 0 unspecified atom stereocenters. The number of rotatable bonds is 4. The van der Waals surface area contributed by atoms with E-state index in [0.29, 0.717) is 0 Å². The quantitative estimate of drug-likeness (QED) is 0.614. The van der Waals surface area contributed by atoms with Crippen LogP contribution in [-0.2, 0) is 12.8 Å². The molecule has 0 heterocycles. The second-order valence-electron chi connectivity index (χ2n) is 7.63. The SMILES string of the molecule is Cc1cccc(CC2CCCCC2)c1CC1CCCCC1. The zero-order chi connectivity index (χ0) is 14.5. The van der Waals surface area contributed by atoms with Gasteiger partial charge in [0.1, 0.15) is 0 Å². The van der Waals surface area contributed by atoms with E-state index in [1.165, 1.54) is 77.0 Å². The van der Waals surface area contributed by atoms with Crippen molar-refractivity contribution in [1.29, 1.82) is 0 Å². The Morgan fingerprint density at radius 3 is 1.95 bits per heavy atom. The Labute approximate surface area is 131 Å². The molecule has 0 atom stereocenters. The molecule has 0 heteroatoms. The topological polar surface area (TPSA) is 0 Å². The molecule has 0 spiro atoms. The fraction of sp³-hybridized carbons (Fsp3) is 0.714. The minimum Gasteiger partial charge on any atom is -0.0617 e. The van der Waals surface area contributed by atoms with Gasteiger partial charge >= 0.3 is 0 Å². The molecule has 2 aliphatic rings. The van der Waals surface area contributed by atoms with Crippen molar-refractivity contribution in [3.05, 3.63) is 34.9 Å². The van der Waals surface area contributed by atoms with Crippen LogP contribution in [0.1, 0.15) is 80.9 Å². The van der Waals surface area contributed by atoms with Gasteiger partial charge in [-0.05, 0) is 48.3 Å². The summed E-state index contributed by atoms with van der Waals surface area (Å²) in [6.07, 6.45) is 17.4. The molecule has 0 aromatic heterocycles. The third-order valence-electron chi connectivity index (χ3n) is 5.96. The van der Waals surface area contributed by atoms with E-state index in [9.17, 15) is 0 Å². The Morgan fingerprint density at radius 2 is 1.33 bits per heavy atom. The van der Waals surface area contributed by atoms with E-state index >= 15 is 0 Å². The predicted octanol–water partition coefficient (Wildman–Crippen LogP) is 6.24. The highest BCUT2D eigenvalue weighted by atomic mass is 14.2. The largest absolute Gasteiger partial charge is 0.0617 e. The van der Waals surface area contributed by atoms with Crippen LogP contribution in [0, 0.1) is 18.8 Å². The van der Waals surface area contributed by atoms with E-state index in [2.05, 4.69) is 25.1 Å². The van der Waals surface area contributed by atoms with Gasteiger partial charge in [0.15, 0.2) is 0 Å². The van der Waals surface area contributed by atoms with Crippen LogP contribution < -0.4 is 0 Å². The molecule has 0 aliphatic heterocycles. The molecule has 1 aromatic carbocycles. The van der Waals surface area contributed by atoms with Gasteiger partial charge < -0.3 is 0 Å². The fourth-order valence-corrected chi connectivity index (χ4v) is 4.63. The summed E-state index contributed by atoms with van der Waals surface area (Å²) in [5, 5.41) is 0. The molecule has 0 amide bonds. The van der Waals surface area contributed by atoms with Crippen LogP contribution in [0.2, 0.25) is 0 Å². The lowest BCUT2D eigenvalue weighted by Crippen LogP contribution is -2.14. The molecule has 21 heavy (non-hydrogen) atoms. The van der Waals surface area contributed by atoms with Crippen LogP contribution >= 0.6 is 0 Å². The van der Waals surface area contributed by atoms with Gasteiger partial charge in [-0.25, -0.2) is 0 Å². The third-order valence-corrected chi connectivity index (χ3v) is 5.96. The predicted molar refractivity (Wildman–Crippen MR) is 91.7 cm³/mol. The Bertz CT molecular complexity index is 433. The minimum absolute atomic E-state index is 0.963. The maximum atomic E-state index is 2.43. The van der Waals surface area contributed by atoms with Crippen molar-refractivity contribution in [1.82, 2.24) is 0 Å². The lowest BCUT2D eigenvalue weighted by atomic mass is 9.79. The van der Waals surface area contributed by atoms with Crippen molar-refractivity contribution < 1.29 is 0 Å². The van der Waals surface area contributed by atoms with Gasteiger partial charge in [-0.3, -0.25) is 0 Å². The first-order valence-corrected chi connectivity index (χ1v) is 9.40. The monoisotopic (exact) mass is 284 g/mol. The smallest absolute Gasteiger partial charge is 0.0245 e. The molecule has 2 saturated carbocycles. The van der Waals surface area contributed by atoms with Crippen LogP contribution in [0.4, 0.5) is 0 Å². The van der Waals surface area contributed by atoms with E-state index in [4.69, 9.17) is 0 Å². The third kappa shape index (κ3) is 4.11. The van der Waals surface area contributed by atoms with Crippen molar-refractivity contribution in [3.63, 3.8) is 0 Å². The van der Waals surface area contributed by atoms with Gasteiger partial charge in [-0.15, -0.1) is 0 Å². The molecule has 1 aromatic rings. The standard InChI is InChI=1S/C21H32/c1-17-9-8-14-20(15-18-10-4-2-5-11-18)21(17)16-19-12-6-3-7-13-19/h8-9,14,18-19H,2-7,10-13,15-16H2,1H3. The molecular weight excluding hydrogens is 252 g/mol. The molecule has 3 rings (SSSR count). The maximum Gasteiger partial charge on any atom is -0.0245 e. The van der Waals surface area contributed by atoms with E-state index in [0.717, 1.165) is 11.8 Å². The van der Waals surface area contributed by atoms with Gasteiger partial charge in [0.25, 0.3) is 0 Å². The average Bonchev–Trinajstić information content (AvgIpc) is 2.53. The second kappa shape index (κ2) is 7.47. The fourth-order valence-electron chi connectivity index (χ4n) is 4.63. The number of hydrogen-bond donors (Lipinski definition) is 0. The summed E-state index contributed by atoms with van der Waals surface area (Å²) in [4.78, 5) is 0. The summed E-state index contributed by atoms with van der Waals surface area (Å²) >= 11 is 0. The number of aryl methyl sites for hydroxylation is 1. The first kappa shape index (κ1) is 15.1. The molecule has 0 bridgehead atoms. The van der Waals surface area contributed by atoms with Crippen molar-refractivity contribution in [2.24, 2.45) is 11.8 Å². The van der Waals surface area contributed by atoms with Gasteiger partial charge in [0.05, 0.1) is 0 Å². The van der Waals surface area contributed by atoms with Crippen molar-refractivity contribution >= 4 is 0 Å². The molecule has 0 nitrogen and oxygen atoms in total. The first-order chi connectivity index (χ1) is 10.3. The Hall–Kier alpha value is -0.780. The van der Waals surface area contributed by atoms with Gasteiger partial charge in [-0.1, -0.05) is 82.4 Å². The first-order valence-electron chi connectivity index (χ1n) is 9.40. The van der Waals surface area contributed by atoms with Crippen LogP contribution in [0.3, 0.4) is 0 Å². The van der Waals surface area contributed by atoms with Crippen molar-refractivity contribution in [2.75, 3.05) is 0 Å². The average molecular weight is 284 g/mol. The van der Waals surface area contributed by atoms with Gasteiger partial charge in [0, 0.05) is 0 Å². The summed E-state index contributed by atoms with van der Waals surface area (Å²) < 4.78 is 0. The van der Waals surface area contributed by atoms with Crippen molar-refractivity contribution in [2.45, 2.75) is 84.0 Å². The lowest BCUT2D eigenvalue weighted by Gasteiger charge is -2.26.